The van der Waals surface area contributed by atoms with Crippen molar-refractivity contribution in [2.75, 3.05) is 13.2 Å². The second-order valence-electron chi connectivity index (χ2n) is 7.99. The number of hydrogen-bond donors (Lipinski definition) is 1. The monoisotopic (exact) mass is 407 g/mol. The van der Waals surface area contributed by atoms with Crippen LogP contribution in [0.25, 0.3) is 11.0 Å². The van der Waals surface area contributed by atoms with Gasteiger partial charge in [-0.15, -0.1) is 0 Å². The second kappa shape index (κ2) is 10.8. The summed E-state index contributed by atoms with van der Waals surface area (Å²) in [4.78, 5) is 15.8. The van der Waals surface area contributed by atoms with Crippen molar-refractivity contribution < 1.29 is 9.53 Å². The molecule has 0 atom stereocenters. The van der Waals surface area contributed by atoms with Crippen molar-refractivity contribution in [2.45, 2.75) is 59.4 Å². The van der Waals surface area contributed by atoms with Gasteiger partial charge in [0.05, 0.1) is 17.6 Å². The first-order chi connectivity index (χ1) is 14.5. The van der Waals surface area contributed by atoms with Gasteiger partial charge in [0.15, 0.2) is 0 Å². The topological polar surface area (TPSA) is 56.2 Å². The number of imidazole rings is 1. The maximum atomic E-state index is 11.0. The number of amides is 1. The fourth-order valence-electron chi connectivity index (χ4n) is 3.84. The van der Waals surface area contributed by atoms with Gasteiger partial charge in [0, 0.05) is 26.4 Å². The van der Waals surface area contributed by atoms with Crippen LogP contribution in [0.4, 0.5) is 0 Å². The zero-order valence-corrected chi connectivity index (χ0v) is 18.4. The van der Waals surface area contributed by atoms with Crippen molar-refractivity contribution in [1.82, 2.24) is 14.9 Å². The largest absolute Gasteiger partial charge is 0.494 e. The molecule has 1 heterocycles. The van der Waals surface area contributed by atoms with E-state index in [-0.39, 0.29) is 5.91 Å². The number of aryl methyl sites for hydroxylation is 4. The van der Waals surface area contributed by atoms with E-state index >= 15 is 0 Å². The normalized spacial score (nSPS) is 11.0. The number of unbranched alkanes of at least 4 members (excludes halogenated alkanes) is 2. The molecular formula is C25H33N3O2. The number of hydrogen-bond acceptors (Lipinski definition) is 3. The lowest BCUT2D eigenvalue weighted by molar-refractivity contribution is -0.118. The molecule has 1 aromatic heterocycles. The Labute approximate surface area is 179 Å². The Morgan fingerprint density at radius 3 is 2.57 bits per heavy atom. The summed E-state index contributed by atoms with van der Waals surface area (Å²) in [5.74, 6) is 2.13. The molecular weight excluding hydrogens is 374 g/mol. The Morgan fingerprint density at radius 1 is 1.03 bits per heavy atom. The number of fused-ring (bicyclic) bond motifs is 1. The van der Waals surface area contributed by atoms with E-state index in [9.17, 15) is 4.79 Å². The molecule has 0 radical (unpaired) electrons. The predicted octanol–water partition coefficient (Wildman–Crippen LogP) is 4.97. The summed E-state index contributed by atoms with van der Waals surface area (Å²) >= 11 is 0. The zero-order valence-electron chi connectivity index (χ0n) is 18.4. The summed E-state index contributed by atoms with van der Waals surface area (Å²) < 4.78 is 8.34. The summed E-state index contributed by atoms with van der Waals surface area (Å²) in [5.41, 5.74) is 4.70. The van der Waals surface area contributed by atoms with Crippen LogP contribution in [0.2, 0.25) is 0 Å². The molecule has 5 nitrogen and oxygen atoms in total. The minimum absolute atomic E-state index is 0.0415. The molecule has 0 aliphatic rings. The minimum Gasteiger partial charge on any atom is -0.494 e. The van der Waals surface area contributed by atoms with Gasteiger partial charge in [-0.1, -0.05) is 24.6 Å². The number of para-hydroxylation sites is 2. The molecule has 5 heteroatoms. The van der Waals surface area contributed by atoms with E-state index in [1.165, 1.54) is 16.6 Å². The highest BCUT2D eigenvalue weighted by Crippen LogP contribution is 2.19. The third kappa shape index (κ3) is 6.34. The van der Waals surface area contributed by atoms with Gasteiger partial charge in [-0.2, -0.15) is 0 Å². The van der Waals surface area contributed by atoms with E-state index in [0.717, 1.165) is 62.3 Å². The third-order valence-corrected chi connectivity index (χ3v) is 5.17. The van der Waals surface area contributed by atoms with Gasteiger partial charge in [0.2, 0.25) is 5.91 Å². The fourth-order valence-corrected chi connectivity index (χ4v) is 3.84. The molecule has 0 saturated carbocycles. The Kier molecular flexibility index (Phi) is 7.89. The molecule has 0 spiro atoms. The first-order valence-electron chi connectivity index (χ1n) is 10.9. The van der Waals surface area contributed by atoms with E-state index in [4.69, 9.17) is 9.72 Å². The zero-order chi connectivity index (χ0) is 21.3. The van der Waals surface area contributed by atoms with Crippen LogP contribution < -0.4 is 10.1 Å². The molecule has 1 amide bonds. The molecule has 0 bridgehead atoms. The van der Waals surface area contributed by atoms with Crippen molar-refractivity contribution in [2.24, 2.45) is 0 Å². The molecule has 160 valence electrons. The Bertz CT molecular complexity index is 957. The molecule has 30 heavy (non-hydrogen) atoms. The summed E-state index contributed by atoms with van der Waals surface area (Å²) in [5, 5.41) is 2.86. The van der Waals surface area contributed by atoms with Gasteiger partial charge in [0.1, 0.15) is 11.6 Å². The van der Waals surface area contributed by atoms with Crippen molar-refractivity contribution in [1.29, 1.82) is 0 Å². The average molecular weight is 408 g/mol. The van der Waals surface area contributed by atoms with Crippen LogP contribution in [0, 0.1) is 13.8 Å². The fraction of sp³-hybridized carbons (Fsp3) is 0.440. The molecule has 0 saturated heterocycles. The smallest absolute Gasteiger partial charge is 0.216 e. The van der Waals surface area contributed by atoms with Crippen LogP contribution >= 0.6 is 0 Å². The minimum atomic E-state index is 0.0415. The maximum Gasteiger partial charge on any atom is 0.216 e. The lowest BCUT2D eigenvalue weighted by Gasteiger charge is -2.11. The average Bonchev–Trinajstić information content (AvgIpc) is 3.04. The van der Waals surface area contributed by atoms with E-state index in [1.807, 2.05) is 6.07 Å². The van der Waals surface area contributed by atoms with Gasteiger partial charge in [-0.3, -0.25) is 4.79 Å². The number of benzene rings is 2. The number of rotatable bonds is 11. The summed E-state index contributed by atoms with van der Waals surface area (Å²) in [7, 11) is 0. The quantitative estimate of drug-likeness (QED) is 0.457. The molecule has 2 aromatic carbocycles. The van der Waals surface area contributed by atoms with Crippen molar-refractivity contribution in [3.05, 3.63) is 59.4 Å². The SMILES string of the molecule is CC(=O)NCCCCCc1nc2ccccc2n1CCCOc1cc(C)cc(C)c1. The molecule has 0 fully saturated rings. The molecule has 3 rings (SSSR count). The van der Waals surface area contributed by atoms with Crippen LogP contribution in [0.1, 0.15) is 49.6 Å². The van der Waals surface area contributed by atoms with Crippen LogP contribution in [0.5, 0.6) is 5.75 Å². The van der Waals surface area contributed by atoms with Gasteiger partial charge < -0.3 is 14.6 Å². The van der Waals surface area contributed by atoms with Crippen molar-refractivity contribution in [3.63, 3.8) is 0 Å². The lowest BCUT2D eigenvalue weighted by atomic mass is 10.1. The Hall–Kier alpha value is -2.82. The first kappa shape index (κ1) is 21.9. The Morgan fingerprint density at radius 2 is 1.80 bits per heavy atom. The van der Waals surface area contributed by atoms with Gasteiger partial charge in [-0.05, 0) is 68.5 Å². The highest BCUT2D eigenvalue weighted by molar-refractivity contribution is 5.75. The van der Waals surface area contributed by atoms with Crippen LogP contribution in [0.15, 0.2) is 42.5 Å². The molecule has 0 aliphatic carbocycles. The van der Waals surface area contributed by atoms with Gasteiger partial charge in [0.25, 0.3) is 0 Å². The van der Waals surface area contributed by atoms with Gasteiger partial charge >= 0.3 is 0 Å². The van der Waals surface area contributed by atoms with Gasteiger partial charge in [-0.25, -0.2) is 4.98 Å². The number of nitrogens with zero attached hydrogens (tertiary/aromatic N) is 2. The molecule has 0 unspecified atom stereocenters. The van der Waals surface area contributed by atoms with Crippen LogP contribution in [-0.2, 0) is 17.8 Å². The molecule has 3 aromatic rings. The highest BCUT2D eigenvalue weighted by Gasteiger charge is 2.10. The van der Waals surface area contributed by atoms with Crippen molar-refractivity contribution in [3.8, 4) is 5.75 Å². The number of ether oxygens (including phenoxy) is 1. The first-order valence-corrected chi connectivity index (χ1v) is 10.9. The summed E-state index contributed by atoms with van der Waals surface area (Å²) in [6.45, 7) is 8.09. The van der Waals surface area contributed by atoms with Crippen LogP contribution in [0.3, 0.4) is 0 Å². The second-order valence-corrected chi connectivity index (χ2v) is 7.99. The Balaban J connectivity index is 1.55. The standard InChI is InChI=1S/C25H33N3O2/c1-19-16-20(2)18-22(17-19)30-15-9-14-28-24-11-7-6-10-23(24)27-25(28)12-5-4-8-13-26-21(3)29/h6-7,10-11,16-18H,4-5,8-9,12-15H2,1-3H3,(H,26,29). The lowest BCUT2D eigenvalue weighted by Crippen LogP contribution is -2.20. The number of carbonyl (C=O) groups is 1. The number of nitrogens with one attached hydrogen (secondary N) is 1. The van der Waals surface area contributed by atoms with E-state index in [1.54, 1.807) is 6.92 Å². The number of carbonyl (C=O) groups excluding carboxylic acids is 1. The van der Waals surface area contributed by atoms with E-state index in [0.29, 0.717) is 6.61 Å². The van der Waals surface area contributed by atoms with Crippen molar-refractivity contribution >= 4 is 16.9 Å². The molecule has 1 N–H and O–H groups in total. The summed E-state index contributed by atoms with van der Waals surface area (Å²) in [6, 6.07) is 14.7. The van der Waals surface area contributed by atoms with Crippen LogP contribution in [-0.4, -0.2) is 28.6 Å². The number of aromatic nitrogens is 2. The van der Waals surface area contributed by atoms with E-state index in [2.05, 4.69) is 60.1 Å². The maximum absolute atomic E-state index is 11.0. The molecule has 0 aliphatic heterocycles. The predicted molar refractivity (Wildman–Crippen MR) is 122 cm³/mol. The van der Waals surface area contributed by atoms with E-state index < -0.39 is 0 Å². The highest BCUT2D eigenvalue weighted by atomic mass is 16.5. The summed E-state index contributed by atoms with van der Waals surface area (Å²) in [6.07, 6.45) is 5.04. The third-order valence-electron chi connectivity index (χ3n) is 5.17.